The van der Waals surface area contributed by atoms with Crippen LogP contribution in [0.5, 0.6) is 0 Å². The molecule has 1 aliphatic heterocycles. The van der Waals surface area contributed by atoms with E-state index in [2.05, 4.69) is 30.6 Å². The highest BCUT2D eigenvalue weighted by Crippen LogP contribution is 2.25. The lowest BCUT2D eigenvalue weighted by atomic mass is 10.1. The van der Waals surface area contributed by atoms with Gasteiger partial charge in [0.15, 0.2) is 0 Å². The van der Waals surface area contributed by atoms with Crippen LogP contribution in [-0.4, -0.2) is 53.1 Å². The number of hydrogen-bond acceptors (Lipinski definition) is 5. The second-order valence-electron chi connectivity index (χ2n) is 7.14. The molecule has 1 aromatic rings. The summed E-state index contributed by atoms with van der Waals surface area (Å²) < 4.78 is 0. The lowest BCUT2D eigenvalue weighted by molar-refractivity contribution is 0.213. The van der Waals surface area contributed by atoms with Crippen LogP contribution >= 0.6 is 0 Å². The Bertz CT molecular complexity index is 512. The van der Waals surface area contributed by atoms with Crippen molar-refractivity contribution in [2.24, 2.45) is 5.73 Å². The SMILES string of the molecule is Cc1nc(N2CCN(CC(C)(C)N)CC2)nc2c1CCC2. The minimum absolute atomic E-state index is 0.122. The van der Waals surface area contributed by atoms with Crippen LogP contribution in [0.4, 0.5) is 5.95 Å². The van der Waals surface area contributed by atoms with Crippen molar-refractivity contribution in [2.75, 3.05) is 37.6 Å². The number of rotatable bonds is 3. The van der Waals surface area contributed by atoms with Gasteiger partial charge >= 0.3 is 0 Å². The molecule has 2 N–H and O–H groups in total. The number of aryl methyl sites for hydroxylation is 2. The molecule has 21 heavy (non-hydrogen) atoms. The first kappa shape index (κ1) is 14.7. The second kappa shape index (κ2) is 5.54. The maximum atomic E-state index is 6.11. The number of aromatic nitrogens is 2. The minimum Gasteiger partial charge on any atom is -0.338 e. The zero-order chi connectivity index (χ0) is 15.0. The van der Waals surface area contributed by atoms with E-state index in [0.29, 0.717) is 0 Å². The fraction of sp³-hybridized carbons (Fsp3) is 0.750. The van der Waals surface area contributed by atoms with Crippen molar-refractivity contribution in [1.82, 2.24) is 14.9 Å². The van der Waals surface area contributed by atoms with E-state index >= 15 is 0 Å². The van der Waals surface area contributed by atoms with Gasteiger partial charge in [-0.05, 0) is 45.6 Å². The molecule has 5 heteroatoms. The summed E-state index contributed by atoms with van der Waals surface area (Å²) in [4.78, 5) is 14.3. The highest BCUT2D eigenvalue weighted by atomic mass is 15.3. The molecule has 1 fully saturated rings. The molecule has 2 heterocycles. The normalized spacial score (nSPS) is 19.9. The van der Waals surface area contributed by atoms with E-state index in [1.54, 1.807) is 0 Å². The molecule has 0 atom stereocenters. The van der Waals surface area contributed by atoms with Crippen molar-refractivity contribution in [1.29, 1.82) is 0 Å². The summed E-state index contributed by atoms with van der Waals surface area (Å²) in [5.74, 6) is 0.930. The van der Waals surface area contributed by atoms with Crippen LogP contribution < -0.4 is 10.6 Å². The third-order valence-electron chi connectivity index (χ3n) is 4.41. The number of fused-ring (bicyclic) bond motifs is 1. The quantitative estimate of drug-likeness (QED) is 0.904. The van der Waals surface area contributed by atoms with Crippen molar-refractivity contribution in [3.8, 4) is 0 Å². The summed E-state index contributed by atoms with van der Waals surface area (Å²) in [6.07, 6.45) is 3.50. The van der Waals surface area contributed by atoms with Crippen LogP contribution in [0.2, 0.25) is 0 Å². The molecule has 5 nitrogen and oxygen atoms in total. The molecule has 0 aromatic carbocycles. The Morgan fingerprint density at radius 2 is 1.81 bits per heavy atom. The first-order valence-corrected chi connectivity index (χ1v) is 8.05. The monoisotopic (exact) mass is 289 g/mol. The fourth-order valence-electron chi connectivity index (χ4n) is 3.43. The van der Waals surface area contributed by atoms with Crippen molar-refractivity contribution >= 4 is 5.95 Å². The summed E-state index contributed by atoms with van der Waals surface area (Å²) in [5.41, 5.74) is 9.84. The Balaban J connectivity index is 1.66. The molecule has 1 saturated heterocycles. The molecule has 2 aliphatic rings. The number of nitrogens with two attached hydrogens (primary N) is 1. The molecular formula is C16H27N5. The minimum atomic E-state index is -0.122. The Morgan fingerprint density at radius 1 is 1.10 bits per heavy atom. The molecular weight excluding hydrogens is 262 g/mol. The first-order chi connectivity index (χ1) is 9.92. The Morgan fingerprint density at radius 3 is 2.48 bits per heavy atom. The van der Waals surface area contributed by atoms with Gasteiger partial charge in [0.05, 0.1) is 0 Å². The smallest absolute Gasteiger partial charge is 0.225 e. The van der Waals surface area contributed by atoms with Gasteiger partial charge in [0.25, 0.3) is 0 Å². The molecule has 0 bridgehead atoms. The topological polar surface area (TPSA) is 58.3 Å². The predicted molar refractivity (Wildman–Crippen MR) is 85.7 cm³/mol. The van der Waals surface area contributed by atoms with E-state index in [1.165, 1.54) is 23.4 Å². The van der Waals surface area contributed by atoms with Gasteiger partial charge in [0.1, 0.15) is 0 Å². The van der Waals surface area contributed by atoms with E-state index in [0.717, 1.165) is 51.5 Å². The van der Waals surface area contributed by atoms with Crippen LogP contribution in [0, 0.1) is 6.92 Å². The Kier molecular flexibility index (Phi) is 3.88. The average molecular weight is 289 g/mol. The standard InChI is InChI=1S/C16H27N5/c1-12-13-5-4-6-14(13)19-15(18-12)21-9-7-20(8-10-21)11-16(2,3)17/h4-11,17H2,1-3H3. The van der Waals surface area contributed by atoms with E-state index in [1.807, 2.05) is 0 Å². The van der Waals surface area contributed by atoms with Gasteiger partial charge in [-0.3, -0.25) is 4.90 Å². The van der Waals surface area contributed by atoms with Crippen LogP contribution in [0.1, 0.15) is 37.2 Å². The van der Waals surface area contributed by atoms with Gasteiger partial charge in [0, 0.05) is 49.7 Å². The first-order valence-electron chi connectivity index (χ1n) is 8.05. The van der Waals surface area contributed by atoms with E-state index < -0.39 is 0 Å². The van der Waals surface area contributed by atoms with Gasteiger partial charge in [-0.15, -0.1) is 0 Å². The Labute approximate surface area is 127 Å². The molecule has 0 radical (unpaired) electrons. The molecule has 0 saturated carbocycles. The van der Waals surface area contributed by atoms with E-state index in [-0.39, 0.29) is 5.54 Å². The van der Waals surface area contributed by atoms with Crippen LogP contribution in [0.3, 0.4) is 0 Å². The number of nitrogens with zero attached hydrogens (tertiary/aromatic N) is 4. The molecule has 0 spiro atoms. The van der Waals surface area contributed by atoms with E-state index in [4.69, 9.17) is 15.7 Å². The van der Waals surface area contributed by atoms with Gasteiger partial charge in [-0.1, -0.05) is 0 Å². The van der Waals surface area contributed by atoms with Gasteiger partial charge in [0.2, 0.25) is 5.95 Å². The molecule has 3 rings (SSSR count). The van der Waals surface area contributed by atoms with Gasteiger partial charge in [-0.25, -0.2) is 9.97 Å². The molecule has 0 unspecified atom stereocenters. The second-order valence-corrected chi connectivity index (χ2v) is 7.14. The van der Waals surface area contributed by atoms with Crippen molar-refractivity contribution in [2.45, 2.75) is 45.6 Å². The molecule has 1 aromatic heterocycles. The van der Waals surface area contributed by atoms with Gasteiger partial charge < -0.3 is 10.6 Å². The number of anilines is 1. The van der Waals surface area contributed by atoms with Crippen LogP contribution in [0.25, 0.3) is 0 Å². The summed E-state index contributed by atoms with van der Waals surface area (Å²) >= 11 is 0. The molecule has 116 valence electrons. The maximum Gasteiger partial charge on any atom is 0.225 e. The largest absolute Gasteiger partial charge is 0.338 e. The third-order valence-corrected chi connectivity index (χ3v) is 4.41. The summed E-state index contributed by atoms with van der Waals surface area (Å²) in [5, 5.41) is 0. The predicted octanol–water partition coefficient (Wildman–Crippen LogP) is 1.13. The fourth-order valence-corrected chi connectivity index (χ4v) is 3.43. The summed E-state index contributed by atoms with van der Waals surface area (Å²) in [7, 11) is 0. The average Bonchev–Trinajstić information content (AvgIpc) is 2.86. The van der Waals surface area contributed by atoms with Crippen molar-refractivity contribution in [3.63, 3.8) is 0 Å². The molecule has 0 amide bonds. The lowest BCUT2D eigenvalue weighted by Crippen LogP contribution is -2.53. The number of piperazine rings is 1. The van der Waals surface area contributed by atoms with Crippen molar-refractivity contribution < 1.29 is 0 Å². The summed E-state index contributed by atoms with van der Waals surface area (Å²) in [6, 6.07) is 0. The highest BCUT2D eigenvalue weighted by Gasteiger charge is 2.25. The van der Waals surface area contributed by atoms with Crippen molar-refractivity contribution in [3.05, 3.63) is 17.0 Å². The summed E-state index contributed by atoms with van der Waals surface area (Å²) in [6.45, 7) is 11.3. The zero-order valence-corrected chi connectivity index (χ0v) is 13.5. The van der Waals surface area contributed by atoms with E-state index in [9.17, 15) is 0 Å². The highest BCUT2D eigenvalue weighted by molar-refractivity contribution is 5.39. The lowest BCUT2D eigenvalue weighted by Gasteiger charge is -2.37. The Hall–Kier alpha value is -1.20. The van der Waals surface area contributed by atoms with Crippen LogP contribution in [-0.2, 0) is 12.8 Å². The van der Waals surface area contributed by atoms with Gasteiger partial charge in [-0.2, -0.15) is 0 Å². The maximum absolute atomic E-state index is 6.11. The zero-order valence-electron chi connectivity index (χ0n) is 13.5. The molecule has 1 aliphatic carbocycles. The third kappa shape index (κ3) is 3.35. The number of hydrogen-bond donors (Lipinski definition) is 1. The van der Waals surface area contributed by atoms with Crippen LogP contribution in [0.15, 0.2) is 0 Å².